The van der Waals surface area contributed by atoms with Crippen molar-refractivity contribution in [1.82, 2.24) is 0 Å². The van der Waals surface area contributed by atoms with Crippen LogP contribution in [0.3, 0.4) is 0 Å². The number of halogens is 1. The molecule has 1 aromatic rings. The first-order valence-corrected chi connectivity index (χ1v) is 6.65. The average molecular weight is 295 g/mol. The Balaban J connectivity index is 2.18. The van der Waals surface area contributed by atoms with Crippen molar-refractivity contribution in [3.05, 3.63) is 28.2 Å². The van der Waals surface area contributed by atoms with Crippen LogP contribution < -0.4 is 5.32 Å². The molecule has 17 heavy (non-hydrogen) atoms. The first-order valence-electron chi connectivity index (χ1n) is 5.85. The monoisotopic (exact) mass is 294 g/mol. The lowest BCUT2D eigenvalue weighted by atomic mass is 9.92. The van der Waals surface area contributed by atoms with Crippen molar-refractivity contribution in [2.45, 2.75) is 37.8 Å². The lowest BCUT2D eigenvalue weighted by Gasteiger charge is -2.29. The summed E-state index contributed by atoms with van der Waals surface area (Å²) < 4.78 is 0.787. The van der Waals surface area contributed by atoms with Crippen LogP contribution in [0.5, 0.6) is 0 Å². The van der Waals surface area contributed by atoms with Gasteiger partial charge in [0.05, 0.1) is 23.4 Å². The maximum atomic E-state index is 9.91. The molecule has 1 aliphatic carbocycles. The van der Waals surface area contributed by atoms with Crippen LogP contribution in [-0.4, -0.2) is 17.3 Å². The van der Waals surface area contributed by atoms with E-state index >= 15 is 0 Å². The molecule has 0 heterocycles. The standard InChI is InChI=1S/C13H15BrN2O/c14-10-4-3-6-11(9(10)8-15)16-12-5-1-2-7-13(12)17/h3-4,6,12-13,16-17H,1-2,5,7H2. The topological polar surface area (TPSA) is 56.0 Å². The number of rotatable bonds is 2. The Bertz CT molecular complexity index is 442. The number of aliphatic hydroxyl groups excluding tert-OH is 1. The van der Waals surface area contributed by atoms with Gasteiger partial charge in [-0.25, -0.2) is 0 Å². The summed E-state index contributed by atoms with van der Waals surface area (Å²) in [7, 11) is 0. The molecular weight excluding hydrogens is 280 g/mol. The van der Waals surface area contributed by atoms with E-state index in [-0.39, 0.29) is 12.1 Å². The SMILES string of the molecule is N#Cc1c(Br)cccc1NC1CCCCC1O. The van der Waals surface area contributed by atoms with Crippen LogP contribution in [0.2, 0.25) is 0 Å². The van der Waals surface area contributed by atoms with Crippen molar-refractivity contribution in [3.8, 4) is 6.07 Å². The van der Waals surface area contributed by atoms with Gasteiger partial charge in [0.15, 0.2) is 0 Å². The summed E-state index contributed by atoms with van der Waals surface area (Å²) in [5, 5.41) is 22.3. The zero-order valence-electron chi connectivity index (χ0n) is 9.49. The summed E-state index contributed by atoms with van der Waals surface area (Å²) >= 11 is 3.36. The lowest BCUT2D eigenvalue weighted by Crippen LogP contribution is -2.36. The Morgan fingerprint density at radius 2 is 2.12 bits per heavy atom. The normalized spacial score (nSPS) is 24.1. The van der Waals surface area contributed by atoms with E-state index in [2.05, 4.69) is 27.3 Å². The zero-order chi connectivity index (χ0) is 12.3. The van der Waals surface area contributed by atoms with Crippen molar-refractivity contribution in [1.29, 1.82) is 5.26 Å². The highest BCUT2D eigenvalue weighted by Crippen LogP contribution is 2.27. The molecular formula is C13H15BrN2O. The van der Waals surface area contributed by atoms with Crippen LogP contribution in [0.15, 0.2) is 22.7 Å². The van der Waals surface area contributed by atoms with E-state index in [0.717, 1.165) is 35.8 Å². The summed E-state index contributed by atoms with van der Waals surface area (Å²) in [6.07, 6.45) is 3.70. The molecule has 0 amide bonds. The quantitative estimate of drug-likeness (QED) is 0.881. The maximum Gasteiger partial charge on any atom is 0.103 e. The Morgan fingerprint density at radius 3 is 2.82 bits per heavy atom. The fourth-order valence-electron chi connectivity index (χ4n) is 2.24. The largest absolute Gasteiger partial charge is 0.391 e. The smallest absolute Gasteiger partial charge is 0.103 e. The molecule has 2 unspecified atom stereocenters. The molecule has 2 rings (SSSR count). The van der Waals surface area contributed by atoms with Gasteiger partial charge in [-0.2, -0.15) is 5.26 Å². The first kappa shape index (κ1) is 12.4. The van der Waals surface area contributed by atoms with E-state index < -0.39 is 0 Å². The van der Waals surface area contributed by atoms with E-state index in [4.69, 9.17) is 5.26 Å². The second-order valence-corrected chi connectivity index (χ2v) is 5.23. The van der Waals surface area contributed by atoms with Crippen LogP contribution in [0, 0.1) is 11.3 Å². The van der Waals surface area contributed by atoms with E-state index in [1.54, 1.807) is 0 Å². The number of hydrogen-bond acceptors (Lipinski definition) is 3. The van der Waals surface area contributed by atoms with E-state index in [1.165, 1.54) is 0 Å². The van der Waals surface area contributed by atoms with Gasteiger partial charge in [-0.05, 0) is 40.9 Å². The van der Waals surface area contributed by atoms with Gasteiger partial charge < -0.3 is 10.4 Å². The molecule has 1 fully saturated rings. The van der Waals surface area contributed by atoms with Gasteiger partial charge in [0, 0.05) is 4.47 Å². The highest BCUT2D eigenvalue weighted by molar-refractivity contribution is 9.10. The molecule has 0 aliphatic heterocycles. The van der Waals surface area contributed by atoms with Crippen molar-refractivity contribution in [2.24, 2.45) is 0 Å². The van der Waals surface area contributed by atoms with Crippen molar-refractivity contribution in [3.63, 3.8) is 0 Å². The lowest BCUT2D eigenvalue weighted by molar-refractivity contribution is 0.116. The molecule has 0 radical (unpaired) electrons. The third kappa shape index (κ3) is 2.80. The van der Waals surface area contributed by atoms with Gasteiger partial charge in [0.2, 0.25) is 0 Å². The predicted octanol–water partition coefficient (Wildman–Crippen LogP) is 3.04. The molecule has 1 saturated carbocycles. The highest BCUT2D eigenvalue weighted by Gasteiger charge is 2.23. The first-order chi connectivity index (χ1) is 8.22. The number of nitrogens with one attached hydrogen (secondary N) is 1. The summed E-state index contributed by atoms with van der Waals surface area (Å²) in [5.41, 5.74) is 1.40. The number of nitriles is 1. The molecule has 1 aliphatic rings. The minimum absolute atomic E-state index is 0.0603. The fraction of sp³-hybridized carbons (Fsp3) is 0.462. The zero-order valence-corrected chi connectivity index (χ0v) is 11.1. The number of aliphatic hydroxyl groups is 1. The van der Waals surface area contributed by atoms with Gasteiger partial charge in [-0.1, -0.05) is 18.9 Å². The molecule has 0 bridgehead atoms. The van der Waals surface area contributed by atoms with Crippen molar-refractivity contribution >= 4 is 21.6 Å². The summed E-state index contributed by atoms with van der Waals surface area (Å²) in [6.45, 7) is 0. The number of anilines is 1. The van der Waals surface area contributed by atoms with Crippen LogP contribution >= 0.6 is 15.9 Å². The van der Waals surface area contributed by atoms with Crippen LogP contribution in [-0.2, 0) is 0 Å². The predicted molar refractivity (Wildman–Crippen MR) is 70.7 cm³/mol. The average Bonchev–Trinajstić information content (AvgIpc) is 2.32. The molecule has 0 saturated heterocycles. The fourth-order valence-corrected chi connectivity index (χ4v) is 2.69. The molecule has 1 aromatic carbocycles. The van der Waals surface area contributed by atoms with Gasteiger partial charge in [0.1, 0.15) is 6.07 Å². The Kier molecular flexibility index (Phi) is 4.03. The summed E-state index contributed by atoms with van der Waals surface area (Å²) in [4.78, 5) is 0. The third-order valence-corrected chi connectivity index (χ3v) is 3.86. The minimum Gasteiger partial charge on any atom is -0.391 e. The Labute approximate surface area is 110 Å². The Morgan fingerprint density at radius 1 is 1.35 bits per heavy atom. The maximum absolute atomic E-state index is 9.91. The second kappa shape index (κ2) is 5.52. The summed E-state index contributed by atoms with van der Waals surface area (Å²) in [5.74, 6) is 0. The van der Waals surface area contributed by atoms with Crippen LogP contribution in [0.25, 0.3) is 0 Å². The molecule has 90 valence electrons. The van der Waals surface area contributed by atoms with Gasteiger partial charge in [0.25, 0.3) is 0 Å². The second-order valence-electron chi connectivity index (χ2n) is 4.38. The molecule has 2 N–H and O–H groups in total. The van der Waals surface area contributed by atoms with Gasteiger partial charge >= 0.3 is 0 Å². The molecule has 0 spiro atoms. The number of benzene rings is 1. The van der Waals surface area contributed by atoms with E-state index in [9.17, 15) is 5.11 Å². The van der Waals surface area contributed by atoms with Crippen LogP contribution in [0.4, 0.5) is 5.69 Å². The third-order valence-electron chi connectivity index (χ3n) is 3.20. The van der Waals surface area contributed by atoms with Gasteiger partial charge in [-0.3, -0.25) is 0 Å². The summed E-state index contributed by atoms with van der Waals surface area (Å²) in [6, 6.07) is 7.86. The van der Waals surface area contributed by atoms with Crippen molar-refractivity contribution < 1.29 is 5.11 Å². The molecule has 2 atom stereocenters. The van der Waals surface area contributed by atoms with Crippen molar-refractivity contribution in [2.75, 3.05) is 5.32 Å². The molecule has 0 aromatic heterocycles. The molecule has 4 heteroatoms. The Hall–Kier alpha value is -1.05. The molecule has 3 nitrogen and oxygen atoms in total. The van der Waals surface area contributed by atoms with Crippen LogP contribution in [0.1, 0.15) is 31.2 Å². The number of nitrogens with zero attached hydrogens (tertiary/aromatic N) is 1. The number of hydrogen-bond donors (Lipinski definition) is 2. The minimum atomic E-state index is -0.311. The van der Waals surface area contributed by atoms with E-state index in [0.29, 0.717) is 5.56 Å². The van der Waals surface area contributed by atoms with Gasteiger partial charge in [-0.15, -0.1) is 0 Å². The highest BCUT2D eigenvalue weighted by atomic mass is 79.9. The van der Waals surface area contributed by atoms with E-state index in [1.807, 2.05) is 18.2 Å².